The molecule has 0 aliphatic carbocycles. The van der Waals surface area contributed by atoms with Gasteiger partial charge in [-0.3, -0.25) is 9.59 Å². The molecule has 0 saturated heterocycles. The Balaban J connectivity index is 1.29. The van der Waals surface area contributed by atoms with E-state index < -0.39 is 12.1 Å². The third kappa shape index (κ3) is 7.77. The Morgan fingerprint density at radius 1 is 0.955 bits per heavy atom. The lowest BCUT2D eigenvalue weighted by Gasteiger charge is -2.28. The van der Waals surface area contributed by atoms with Crippen LogP contribution in [-0.4, -0.2) is 64.7 Å². The standard InChI is InChI=1S/C34H35N5O4S/c1-23-22-44-32(35-23)21-39(3)34(42)27-16-10-15-26(18-27)33(41)36-28(17-24-11-6-4-7-12-24)29(40)20-38(2)31-19-30(43-37-31)25-13-8-5-9-14-25/h4-16,18-19,22,28-29,40H,17,20-21H2,1-3H3,(H,36,41)/t28-,29+/m0/s1. The molecular weight excluding hydrogens is 574 g/mol. The van der Waals surface area contributed by atoms with Crippen LogP contribution >= 0.6 is 11.3 Å². The van der Waals surface area contributed by atoms with Crippen LogP contribution in [0.3, 0.4) is 0 Å². The summed E-state index contributed by atoms with van der Waals surface area (Å²) in [7, 11) is 3.53. The second-order valence-corrected chi connectivity index (χ2v) is 11.7. The van der Waals surface area contributed by atoms with Crippen molar-refractivity contribution in [1.29, 1.82) is 0 Å². The van der Waals surface area contributed by atoms with E-state index in [1.165, 1.54) is 11.3 Å². The van der Waals surface area contributed by atoms with Crippen molar-refractivity contribution in [3.05, 3.63) is 124 Å². The number of aliphatic hydroxyl groups excluding tert-OH is 1. The van der Waals surface area contributed by atoms with Crippen LogP contribution in [0.4, 0.5) is 5.82 Å². The van der Waals surface area contributed by atoms with Crippen molar-refractivity contribution in [3.63, 3.8) is 0 Å². The summed E-state index contributed by atoms with van der Waals surface area (Å²) in [6, 6.07) is 27.2. The number of likely N-dealkylation sites (N-methyl/N-ethyl adjacent to an activating group) is 1. The van der Waals surface area contributed by atoms with Crippen LogP contribution in [0.2, 0.25) is 0 Å². The summed E-state index contributed by atoms with van der Waals surface area (Å²) in [6.45, 7) is 2.49. The molecule has 2 aromatic heterocycles. The molecule has 3 aromatic carbocycles. The zero-order valence-electron chi connectivity index (χ0n) is 24.9. The largest absolute Gasteiger partial charge is 0.389 e. The van der Waals surface area contributed by atoms with E-state index in [9.17, 15) is 14.7 Å². The highest BCUT2D eigenvalue weighted by Gasteiger charge is 2.25. The van der Waals surface area contributed by atoms with Crippen LogP contribution in [0.5, 0.6) is 0 Å². The summed E-state index contributed by atoms with van der Waals surface area (Å²) < 4.78 is 5.54. The molecule has 44 heavy (non-hydrogen) atoms. The van der Waals surface area contributed by atoms with Gasteiger partial charge in [-0.25, -0.2) is 4.98 Å². The number of nitrogens with zero attached hydrogens (tertiary/aromatic N) is 4. The molecule has 0 aliphatic rings. The van der Waals surface area contributed by atoms with Crippen LogP contribution in [0.15, 0.2) is 101 Å². The van der Waals surface area contributed by atoms with E-state index in [-0.39, 0.29) is 18.4 Å². The summed E-state index contributed by atoms with van der Waals surface area (Å²) in [5, 5.41) is 21.4. The second kappa shape index (κ2) is 14.1. The predicted molar refractivity (Wildman–Crippen MR) is 172 cm³/mol. The highest BCUT2D eigenvalue weighted by atomic mass is 32.1. The van der Waals surface area contributed by atoms with Crippen LogP contribution in [0.1, 0.15) is 37.0 Å². The first-order valence-corrected chi connectivity index (χ1v) is 15.2. The lowest BCUT2D eigenvalue weighted by Crippen LogP contribution is -2.49. The van der Waals surface area contributed by atoms with E-state index in [0.717, 1.165) is 21.8 Å². The van der Waals surface area contributed by atoms with Gasteiger partial charge >= 0.3 is 0 Å². The molecular formula is C34H35N5O4S. The molecule has 0 aliphatic heterocycles. The Morgan fingerprint density at radius 2 is 1.66 bits per heavy atom. The maximum atomic E-state index is 13.5. The monoisotopic (exact) mass is 609 g/mol. The maximum Gasteiger partial charge on any atom is 0.253 e. The molecule has 0 fully saturated rings. The van der Waals surface area contributed by atoms with Gasteiger partial charge in [0.05, 0.1) is 18.7 Å². The third-order valence-electron chi connectivity index (χ3n) is 7.24. The minimum Gasteiger partial charge on any atom is -0.389 e. The fourth-order valence-electron chi connectivity index (χ4n) is 4.85. The van der Waals surface area contributed by atoms with Gasteiger partial charge in [0.2, 0.25) is 0 Å². The molecule has 2 heterocycles. The Bertz CT molecular complexity index is 1690. The van der Waals surface area contributed by atoms with Crippen molar-refractivity contribution in [2.24, 2.45) is 0 Å². The predicted octanol–water partition coefficient (Wildman–Crippen LogP) is 5.22. The molecule has 0 saturated carbocycles. The molecule has 9 nitrogen and oxygen atoms in total. The minimum atomic E-state index is -0.946. The third-order valence-corrected chi connectivity index (χ3v) is 8.20. The van der Waals surface area contributed by atoms with Crippen molar-refractivity contribution in [2.75, 3.05) is 25.5 Å². The number of aromatic nitrogens is 2. The van der Waals surface area contributed by atoms with Crippen LogP contribution in [-0.2, 0) is 13.0 Å². The van der Waals surface area contributed by atoms with Gasteiger partial charge < -0.3 is 24.7 Å². The molecule has 226 valence electrons. The van der Waals surface area contributed by atoms with E-state index in [2.05, 4.69) is 15.5 Å². The molecule has 0 spiro atoms. The molecule has 0 radical (unpaired) electrons. The first-order valence-electron chi connectivity index (χ1n) is 14.3. The van der Waals surface area contributed by atoms with E-state index >= 15 is 0 Å². The molecule has 10 heteroatoms. The number of nitrogens with one attached hydrogen (secondary N) is 1. The summed E-state index contributed by atoms with van der Waals surface area (Å²) in [6.07, 6.45) is -0.539. The molecule has 0 bridgehead atoms. The second-order valence-electron chi connectivity index (χ2n) is 10.8. The zero-order valence-corrected chi connectivity index (χ0v) is 25.7. The molecule has 2 amide bonds. The summed E-state index contributed by atoms with van der Waals surface area (Å²) in [4.78, 5) is 34.5. The number of benzene rings is 3. The Kier molecular flexibility index (Phi) is 9.83. The van der Waals surface area contributed by atoms with Gasteiger partial charge in [-0.15, -0.1) is 11.3 Å². The highest BCUT2D eigenvalue weighted by molar-refractivity contribution is 7.09. The molecule has 2 atom stereocenters. The van der Waals surface area contributed by atoms with Gasteiger partial charge in [0.15, 0.2) is 11.6 Å². The summed E-state index contributed by atoms with van der Waals surface area (Å²) in [5.41, 5.74) is 3.52. The fourth-order valence-corrected chi connectivity index (χ4v) is 5.68. The number of carbonyl (C=O) groups excluding carboxylic acids is 2. The molecule has 5 rings (SSSR count). The number of amides is 2. The number of carbonyl (C=O) groups is 2. The lowest BCUT2D eigenvalue weighted by atomic mass is 10.00. The van der Waals surface area contributed by atoms with E-state index in [0.29, 0.717) is 35.7 Å². The van der Waals surface area contributed by atoms with E-state index in [1.54, 1.807) is 41.1 Å². The lowest BCUT2D eigenvalue weighted by molar-refractivity contribution is 0.0784. The number of rotatable bonds is 12. The van der Waals surface area contributed by atoms with Crippen molar-refractivity contribution in [3.8, 4) is 11.3 Å². The van der Waals surface area contributed by atoms with Gasteiger partial charge in [0, 0.05) is 54.5 Å². The van der Waals surface area contributed by atoms with E-state index in [1.807, 2.05) is 86.1 Å². The number of aryl methyl sites for hydroxylation is 1. The average molecular weight is 610 g/mol. The normalized spacial score (nSPS) is 12.4. The fraction of sp³-hybridized carbons (Fsp3) is 0.235. The van der Waals surface area contributed by atoms with Crippen LogP contribution in [0, 0.1) is 6.92 Å². The van der Waals surface area contributed by atoms with E-state index in [4.69, 9.17) is 4.52 Å². The number of hydrogen-bond donors (Lipinski definition) is 2. The smallest absolute Gasteiger partial charge is 0.253 e. The van der Waals surface area contributed by atoms with Gasteiger partial charge in [0.25, 0.3) is 11.8 Å². The zero-order chi connectivity index (χ0) is 31.1. The number of aliphatic hydroxyl groups is 1. The van der Waals surface area contributed by atoms with Crippen molar-refractivity contribution in [1.82, 2.24) is 20.4 Å². The molecule has 0 unspecified atom stereocenters. The van der Waals surface area contributed by atoms with Crippen LogP contribution in [0.25, 0.3) is 11.3 Å². The summed E-state index contributed by atoms with van der Waals surface area (Å²) >= 11 is 1.51. The van der Waals surface area contributed by atoms with Crippen molar-refractivity contribution >= 4 is 29.0 Å². The Morgan fingerprint density at radius 3 is 2.36 bits per heavy atom. The first kappa shape index (κ1) is 30.7. The minimum absolute atomic E-state index is 0.193. The SMILES string of the molecule is Cc1csc(CN(C)C(=O)c2cccc(C(=O)N[C@@H](Cc3ccccc3)[C@H](O)CN(C)c3cc(-c4ccccc4)on3)c2)n1. The quantitative estimate of drug-likeness (QED) is 0.200. The maximum absolute atomic E-state index is 13.5. The number of anilines is 1. The van der Waals surface area contributed by atoms with Gasteiger partial charge in [0.1, 0.15) is 5.01 Å². The average Bonchev–Trinajstić information content (AvgIpc) is 3.70. The van der Waals surface area contributed by atoms with Gasteiger partial charge in [-0.05, 0) is 37.1 Å². The Hall–Kier alpha value is -4.80. The van der Waals surface area contributed by atoms with Crippen LogP contribution < -0.4 is 10.2 Å². The molecule has 2 N–H and O–H groups in total. The first-order chi connectivity index (χ1) is 21.3. The number of hydrogen-bond acceptors (Lipinski definition) is 8. The Labute approximate surface area is 260 Å². The summed E-state index contributed by atoms with van der Waals surface area (Å²) in [5.74, 6) is 0.597. The topological polar surface area (TPSA) is 112 Å². The van der Waals surface area contributed by atoms with Crippen molar-refractivity contribution < 1.29 is 19.2 Å². The number of thiazole rings is 1. The highest BCUT2D eigenvalue weighted by Crippen LogP contribution is 2.24. The van der Waals surface area contributed by atoms with Crippen molar-refractivity contribution in [2.45, 2.75) is 32.0 Å². The van der Waals surface area contributed by atoms with Gasteiger partial charge in [-0.1, -0.05) is 71.9 Å². The molecule has 5 aromatic rings. The van der Waals surface area contributed by atoms with Gasteiger partial charge in [-0.2, -0.15) is 0 Å².